The second-order valence-corrected chi connectivity index (χ2v) is 18.7. The van der Waals surface area contributed by atoms with Gasteiger partial charge in [-0.3, -0.25) is 4.79 Å². The van der Waals surface area contributed by atoms with Crippen LogP contribution in [0.3, 0.4) is 0 Å². The minimum absolute atomic E-state index is 0.0134. The SMILES string of the molecule is CC(C)CN(CC[C@H](Cc1ccc(OCc2ccccc2-c2sc3c(c2C(=O)O)CC(C)(C)CC3)cc1)NC(=O)O)S(=O)(=O)c1ccc(N)c(CCC(N)=O)c1. The highest BCUT2D eigenvalue weighted by Crippen LogP contribution is 2.46. The third-order valence-corrected chi connectivity index (χ3v) is 13.3. The molecular weight excluding hydrogens is 753 g/mol. The van der Waals surface area contributed by atoms with E-state index in [0.717, 1.165) is 51.3 Å². The second-order valence-electron chi connectivity index (χ2n) is 15.7. The summed E-state index contributed by atoms with van der Waals surface area (Å²) in [5.41, 5.74) is 16.1. The molecule has 0 aliphatic heterocycles. The summed E-state index contributed by atoms with van der Waals surface area (Å²) in [7, 11) is -4.00. The van der Waals surface area contributed by atoms with Gasteiger partial charge in [-0.15, -0.1) is 11.3 Å². The minimum Gasteiger partial charge on any atom is -0.489 e. The number of primary amides is 1. The Hall–Kier alpha value is -4.92. The minimum atomic E-state index is -4.00. The van der Waals surface area contributed by atoms with Crippen LogP contribution < -0.4 is 21.5 Å². The summed E-state index contributed by atoms with van der Waals surface area (Å²) in [6.07, 6.45) is 2.14. The number of nitrogens with two attached hydrogens (primary N) is 2. The number of nitrogens with one attached hydrogen (secondary N) is 1. The zero-order valence-electron chi connectivity index (χ0n) is 32.3. The topological polar surface area (TPSA) is 202 Å². The number of nitrogen functional groups attached to an aromatic ring is 1. The van der Waals surface area contributed by atoms with E-state index in [-0.39, 0.29) is 55.2 Å². The standard InChI is InChI=1S/C42H52N4O8S2/c1-26(2)24-46(56(52,53)32-14-15-35(43)28(22-32)11-16-37(44)47)20-18-30(45-41(50)51)21-27-9-12-31(13-10-27)54-25-29-7-5-6-8-33(29)39-38(40(48)49)34-23-42(3,4)19-17-36(34)55-39/h5-10,12-15,22,26,30,45H,11,16-21,23-25,43H2,1-4H3,(H2,44,47)(H,48,49)(H,50,51)/t30-/m1/s1. The van der Waals surface area contributed by atoms with Crippen LogP contribution in [-0.4, -0.2) is 60.0 Å². The molecule has 12 nitrogen and oxygen atoms in total. The number of carboxylic acids is 1. The van der Waals surface area contributed by atoms with E-state index < -0.39 is 34.0 Å². The van der Waals surface area contributed by atoms with Crippen molar-refractivity contribution >= 4 is 45.0 Å². The first-order chi connectivity index (χ1) is 26.4. The highest BCUT2D eigenvalue weighted by atomic mass is 32.2. The molecule has 1 aliphatic carbocycles. The first kappa shape index (κ1) is 42.2. The van der Waals surface area contributed by atoms with Gasteiger partial charge in [0, 0.05) is 41.0 Å². The van der Waals surface area contributed by atoms with Gasteiger partial charge in [0.25, 0.3) is 0 Å². The molecule has 1 atom stereocenters. The van der Waals surface area contributed by atoms with Gasteiger partial charge in [0.2, 0.25) is 15.9 Å². The van der Waals surface area contributed by atoms with Crippen LogP contribution in [-0.2, 0) is 47.1 Å². The molecule has 1 aliphatic rings. The smallest absolute Gasteiger partial charge is 0.404 e. The van der Waals surface area contributed by atoms with Gasteiger partial charge in [-0.05, 0) is 108 Å². The summed E-state index contributed by atoms with van der Waals surface area (Å²) in [6.45, 7) is 8.65. The molecule has 4 aromatic rings. The van der Waals surface area contributed by atoms with Crippen molar-refractivity contribution in [1.29, 1.82) is 0 Å². The predicted octanol–water partition coefficient (Wildman–Crippen LogP) is 7.12. The zero-order valence-corrected chi connectivity index (χ0v) is 34.0. The molecule has 5 rings (SSSR count). The lowest BCUT2D eigenvalue weighted by molar-refractivity contribution is -0.118. The molecule has 0 saturated carbocycles. The number of amides is 2. The molecule has 1 heterocycles. The van der Waals surface area contributed by atoms with Crippen molar-refractivity contribution in [2.24, 2.45) is 17.1 Å². The van der Waals surface area contributed by atoms with E-state index in [0.29, 0.717) is 29.0 Å². The van der Waals surface area contributed by atoms with E-state index in [2.05, 4.69) is 19.2 Å². The van der Waals surface area contributed by atoms with Gasteiger partial charge in [0.1, 0.15) is 12.4 Å². The average molecular weight is 805 g/mol. The quantitative estimate of drug-likeness (QED) is 0.0649. The predicted molar refractivity (Wildman–Crippen MR) is 219 cm³/mol. The Morgan fingerprint density at radius 3 is 2.39 bits per heavy atom. The van der Waals surface area contributed by atoms with Crippen molar-refractivity contribution in [3.63, 3.8) is 0 Å². The fourth-order valence-electron chi connectivity index (χ4n) is 7.15. The fourth-order valence-corrected chi connectivity index (χ4v) is 10.2. The van der Waals surface area contributed by atoms with Crippen LogP contribution in [0.15, 0.2) is 71.6 Å². The molecular formula is C42H52N4O8S2. The Kier molecular flexibility index (Phi) is 13.5. The summed E-state index contributed by atoms with van der Waals surface area (Å²) >= 11 is 1.56. The first-order valence-corrected chi connectivity index (χ1v) is 21.0. The van der Waals surface area contributed by atoms with Crippen LogP contribution >= 0.6 is 11.3 Å². The van der Waals surface area contributed by atoms with Gasteiger partial charge in [0.15, 0.2) is 0 Å². The maximum atomic E-state index is 13.9. The zero-order chi connectivity index (χ0) is 40.8. The Labute approximate surface area is 332 Å². The Balaban J connectivity index is 1.28. The monoisotopic (exact) mass is 804 g/mol. The second kappa shape index (κ2) is 17.9. The number of nitrogens with zero attached hydrogens (tertiary/aromatic N) is 1. The van der Waals surface area contributed by atoms with Gasteiger partial charge in [-0.25, -0.2) is 18.0 Å². The number of aromatic carboxylic acids is 1. The van der Waals surface area contributed by atoms with Crippen molar-refractivity contribution in [3.05, 3.63) is 99.4 Å². The number of carboxylic acid groups (broad SMARTS) is 2. The number of rotatable bonds is 18. The van der Waals surface area contributed by atoms with E-state index in [4.69, 9.17) is 16.2 Å². The Morgan fingerprint density at radius 2 is 1.73 bits per heavy atom. The molecule has 56 heavy (non-hydrogen) atoms. The van der Waals surface area contributed by atoms with Crippen molar-refractivity contribution in [2.45, 2.75) is 90.2 Å². The van der Waals surface area contributed by atoms with Crippen molar-refractivity contribution in [1.82, 2.24) is 9.62 Å². The third kappa shape index (κ3) is 10.7. The molecule has 0 fully saturated rings. The van der Waals surface area contributed by atoms with Gasteiger partial charge >= 0.3 is 12.1 Å². The van der Waals surface area contributed by atoms with Crippen LogP contribution in [0.1, 0.15) is 84.4 Å². The number of benzene rings is 3. The highest BCUT2D eigenvalue weighted by molar-refractivity contribution is 7.89. The molecule has 0 saturated heterocycles. The number of ether oxygens (including phenoxy) is 1. The van der Waals surface area contributed by atoms with E-state index in [1.807, 2.05) is 50.2 Å². The van der Waals surface area contributed by atoms with Gasteiger partial charge in [-0.1, -0.05) is 64.1 Å². The number of aryl methyl sites for hydroxylation is 2. The summed E-state index contributed by atoms with van der Waals surface area (Å²) in [5, 5.41) is 22.5. The number of carbonyl (C=O) groups excluding carboxylic acids is 1. The fraction of sp³-hybridized carbons (Fsp3) is 0.405. The van der Waals surface area contributed by atoms with Gasteiger partial charge in [0.05, 0.1) is 10.5 Å². The molecule has 3 aromatic carbocycles. The molecule has 0 spiro atoms. The van der Waals surface area contributed by atoms with Crippen molar-refractivity contribution in [3.8, 4) is 16.2 Å². The Morgan fingerprint density at radius 1 is 1.02 bits per heavy atom. The van der Waals surface area contributed by atoms with Gasteiger partial charge < -0.3 is 31.7 Å². The molecule has 1 aromatic heterocycles. The number of thiophene rings is 1. The summed E-state index contributed by atoms with van der Waals surface area (Å²) in [6, 6.07) is 18.8. The number of sulfonamides is 1. The lowest BCUT2D eigenvalue weighted by atomic mass is 9.76. The number of anilines is 1. The molecule has 2 amide bonds. The summed E-state index contributed by atoms with van der Waals surface area (Å²) in [5.74, 6) is -0.862. The van der Waals surface area contributed by atoms with Gasteiger partial charge in [-0.2, -0.15) is 4.31 Å². The summed E-state index contributed by atoms with van der Waals surface area (Å²) < 4.78 is 35.4. The Bertz CT molecular complexity index is 2160. The third-order valence-electron chi connectivity index (χ3n) is 10.1. The molecule has 14 heteroatoms. The number of carbonyl (C=O) groups is 3. The summed E-state index contributed by atoms with van der Waals surface area (Å²) in [4.78, 5) is 37.7. The van der Waals surface area contributed by atoms with Crippen LogP contribution in [0.5, 0.6) is 5.75 Å². The van der Waals surface area contributed by atoms with E-state index >= 15 is 0 Å². The normalized spacial score (nSPS) is 14.3. The lowest BCUT2D eigenvalue weighted by Crippen LogP contribution is -2.41. The largest absolute Gasteiger partial charge is 0.489 e. The molecule has 7 N–H and O–H groups in total. The van der Waals surface area contributed by atoms with Crippen LogP contribution in [0.25, 0.3) is 10.4 Å². The van der Waals surface area contributed by atoms with E-state index in [1.54, 1.807) is 23.5 Å². The average Bonchev–Trinajstić information content (AvgIpc) is 3.50. The molecule has 300 valence electrons. The van der Waals surface area contributed by atoms with Crippen LogP contribution in [0.4, 0.5) is 10.5 Å². The van der Waals surface area contributed by atoms with Crippen molar-refractivity contribution in [2.75, 3.05) is 18.8 Å². The van der Waals surface area contributed by atoms with Crippen LogP contribution in [0.2, 0.25) is 0 Å². The van der Waals surface area contributed by atoms with E-state index in [1.165, 1.54) is 22.5 Å². The van der Waals surface area contributed by atoms with Crippen molar-refractivity contribution < 1.29 is 37.8 Å². The maximum Gasteiger partial charge on any atom is 0.404 e. The first-order valence-electron chi connectivity index (χ1n) is 18.8. The maximum absolute atomic E-state index is 13.9. The number of fused-ring (bicyclic) bond motifs is 1. The highest BCUT2D eigenvalue weighted by Gasteiger charge is 2.33. The molecule has 0 radical (unpaired) electrons. The van der Waals surface area contributed by atoms with E-state index in [9.17, 15) is 33.0 Å². The molecule has 0 unspecified atom stereocenters. The number of hydrogen-bond donors (Lipinski definition) is 5. The molecule has 0 bridgehead atoms. The number of hydrogen-bond acceptors (Lipinski definition) is 8. The lowest BCUT2D eigenvalue weighted by Gasteiger charge is -2.29. The van der Waals surface area contributed by atoms with Crippen LogP contribution in [0, 0.1) is 11.3 Å².